The summed E-state index contributed by atoms with van der Waals surface area (Å²) < 4.78 is 40.7. The molecule has 2 saturated heterocycles. The standard InChI is InChI=1S/C15H16F3NO/c16-15(17,18)14-7-4-8-19(14)13(20)9-12(10-14)11-5-2-1-3-6-11/h1-3,5-6,12H,4,7-10H2/t12-,14-/m1/s1. The Balaban J connectivity index is 1.98. The highest BCUT2D eigenvalue weighted by atomic mass is 19.4. The van der Waals surface area contributed by atoms with Crippen molar-refractivity contribution in [3.8, 4) is 0 Å². The highest BCUT2D eigenvalue weighted by molar-refractivity contribution is 5.80. The van der Waals surface area contributed by atoms with Crippen LogP contribution in [0.15, 0.2) is 30.3 Å². The second-order valence-corrected chi connectivity index (χ2v) is 5.69. The summed E-state index contributed by atoms with van der Waals surface area (Å²) in [6.07, 6.45) is -3.71. The fourth-order valence-electron chi connectivity index (χ4n) is 3.63. The average Bonchev–Trinajstić information content (AvgIpc) is 2.85. The molecule has 0 N–H and O–H groups in total. The molecule has 0 bridgehead atoms. The lowest BCUT2D eigenvalue weighted by molar-refractivity contribution is -0.232. The predicted molar refractivity (Wildman–Crippen MR) is 68.2 cm³/mol. The number of amides is 1. The average molecular weight is 283 g/mol. The second-order valence-electron chi connectivity index (χ2n) is 5.69. The Bertz CT molecular complexity index is 514. The van der Waals surface area contributed by atoms with E-state index in [2.05, 4.69) is 0 Å². The van der Waals surface area contributed by atoms with Crippen LogP contribution in [0.5, 0.6) is 0 Å². The van der Waals surface area contributed by atoms with Crippen LogP contribution in [-0.2, 0) is 4.79 Å². The van der Waals surface area contributed by atoms with Crippen molar-refractivity contribution >= 4 is 5.91 Å². The fraction of sp³-hybridized carbons (Fsp3) is 0.533. The van der Waals surface area contributed by atoms with Crippen LogP contribution >= 0.6 is 0 Å². The number of hydrogen-bond donors (Lipinski definition) is 0. The largest absolute Gasteiger partial charge is 0.411 e. The molecular weight excluding hydrogens is 267 g/mol. The van der Waals surface area contributed by atoms with Crippen molar-refractivity contribution in [3.63, 3.8) is 0 Å². The Hall–Kier alpha value is -1.52. The number of benzene rings is 1. The third-order valence-electron chi connectivity index (χ3n) is 4.59. The number of hydrogen-bond acceptors (Lipinski definition) is 1. The monoisotopic (exact) mass is 283 g/mol. The molecule has 0 saturated carbocycles. The SMILES string of the molecule is O=C1C[C@@H](c2ccccc2)C[C@@]2(C(F)(F)F)CCCN12. The van der Waals surface area contributed by atoms with E-state index in [9.17, 15) is 18.0 Å². The Morgan fingerprint density at radius 3 is 2.55 bits per heavy atom. The molecule has 1 aromatic carbocycles. The van der Waals surface area contributed by atoms with Crippen molar-refractivity contribution < 1.29 is 18.0 Å². The number of fused-ring (bicyclic) bond motifs is 1. The first-order valence-electron chi connectivity index (χ1n) is 6.86. The summed E-state index contributed by atoms with van der Waals surface area (Å²) in [6.45, 7) is 0.236. The van der Waals surface area contributed by atoms with Crippen molar-refractivity contribution in [2.75, 3.05) is 6.54 Å². The maximum absolute atomic E-state index is 13.6. The zero-order valence-electron chi connectivity index (χ0n) is 11.0. The maximum atomic E-state index is 13.6. The van der Waals surface area contributed by atoms with Gasteiger partial charge in [-0.05, 0) is 30.7 Å². The normalized spacial score (nSPS) is 30.4. The van der Waals surface area contributed by atoms with Crippen molar-refractivity contribution in [2.45, 2.75) is 43.3 Å². The van der Waals surface area contributed by atoms with Gasteiger partial charge >= 0.3 is 6.18 Å². The molecule has 2 nitrogen and oxygen atoms in total. The highest BCUT2D eigenvalue weighted by Gasteiger charge is 2.64. The van der Waals surface area contributed by atoms with Gasteiger partial charge in [0.25, 0.3) is 0 Å². The number of alkyl halides is 3. The van der Waals surface area contributed by atoms with E-state index in [4.69, 9.17) is 0 Å². The molecule has 0 spiro atoms. The Morgan fingerprint density at radius 1 is 1.20 bits per heavy atom. The van der Waals surface area contributed by atoms with Gasteiger partial charge < -0.3 is 4.90 Å². The molecule has 5 heteroatoms. The van der Waals surface area contributed by atoms with Gasteiger partial charge in [0.1, 0.15) is 5.54 Å². The van der Waals surface area contributed by atoms with Gasteiger partial charge in [0.15, 0.2) is 0 Å². The first kappa shape index (κ1) is 13.5. The number of halogens is 3. The van der Waals surface area contributed by atoms with Crippen molar-refractivity contribution in [3.05, 3.63) is 35.9 Å². The molecule has 3 rings (SSSR count). The number of nitrogens with zero attached hydrogens (tertiary/aromatic N) is 1. The summed E-state index contributed by atoms with van der Waals surface area (Å²) in [4.78, 5) is 13.2. The zero-order valence-corrected chi connectivity index (χ0v) is 11.0. The summed E-state index contributed by atoms with van der Waals surface area (Å²) in [5.41, 5.74) is -1.11. The number of piperidine rings is 1. The molecular formula is C15H16F3NO. The second kappa shape index (κ2) is 4.50. The Labute approximate surface area is 115 Å². The minimum atomic E-state index is -4.35. The topological polar surface area (TPSA) is 20.3 Å². The van der Waals surface area contributed by atoms with Gasteiger partial charge in [-0.3, -0.25) is 4.79 Å². The summed E-state index contributed by atoms with van der Waals surface area (Å²) in [5, 5.41) is 0. The molecule has 2 fully saturated rings. The van der Waals surface area contributed by atoms with E-state index in [1.54, 1.807) is 12.1 Å². The molecule has 0 radical (unpaired) electrons. The van der Waals surface area contributed by atoms with Crippen LogP contribution in [-0.4, -0.2) is 29.1 Å². The maximum Gasteiger partial charge on any atom is 0.411 e. The van der Waals surface area contributed by atoms with Crippen LogP contribution < -0.4 is 0 Å². The van der Waals surface area contributed by atoms with Crippen LogP contribution in [0, 0.1) is 0 Å². The third kappa shape index (κ3) is 1.91. The lowest BCUT2D eigenvalue weighted by Crippen LogP contribution is -2.60. The van der Waals surface area contributed by atoms with E-state index >= 15 is 0 Å². The van der Waals surface area contributed by atoms with E-state index in [0.717, 1.165) is 10.5 Å². The van der Waals surface area contributed by atoms with Gasteiger partial charge in [0.2, 0.25) is 5.91 Å². The summed E-state index contributed by atoms with van der Waals surface area (Å²) in [7, 11) is 0. The Kier molecular flexibility index (Phi) is 3.03. The van der Waals surface area contributed by atoms with Crippen molar-refractivity contribution in [1.29, 1.82) is 0 Å². The zero-order chi connectivity index (χ0) is 14.4. The lowest BCUT2D eigenvalue weighted by Gasteiger charge is -2.46. The van der Waals surface area contributed by atoms with Gasteiger partial charge in [-0.25, -0.2) is 0 Å². The minimum Gasteiger partial charge on any atom is -0.328 e. The summed E-state index contributed by atoms with van der Waals surface area (Å²) >= 11 is 0. The first-order chi connectivity index (χ1) is 9.44. The van der Waals surface area contributed by atoms with E-state index in [1.165, 1.54) is 0 Å². The molecule has 0 unspecified atom stereocenters. The third-order valence-corrected chi connectivity index (χ3v) is 4.59. The smallest absolute Gasteiger partial charge is 0.328 e. The predicted octanol–water partition coefficient (Wildman–Crippen LogP) is 3.49. The molecule has 2 aliphatic rings. The first-order valence-corrected chi connectivity index (χ1v) is 6.86. The van der Waals surface area contributed by atoms with Crippen LogP contribution in [0.2, 0.25) is 0 Å². The number of rotatable bonds is 1. The van der Waals surface area contributed by atoms with Gasteiger partial charge in [-0.1, -0.05) is 30.3 Å². The van der Waals surface area contributed by atoms with Gasteiger partial charge in [-0.2, -0.15) is 13.2 Å². The summed E-state index contributed by atoms with van der Waals surface area (Å²) in [5.74, 6) is -0.695. The Morgan fingerprint density at radius 2 is 1.90 bits per heavy atom. The molecule has 2 heterocycles. The molecule has 0 aromatic heterocycles. The molecule has 2 aliphatic heterocycles. The minimum absolute atomic E-state index is 0.00769. The van der Waals surface area contributed by atoms with Crippen LogP contribution in [0.25, 0.3) is 0 Å². The van der Waals surface area contributed by atoms with E-state index in [0.29, 0.717) is 6.42 Å². The number of carbonyl (C=O) groups excluding carboxylic acids is 1. The van der Waals surface area contributed by atoms with Gasteiger partial charge in [-0.15, -0.1) is 0 Å². The quantitative estimate of drug-likeness (QED) is 0.772. The summed E-state index contributed by atoms with van der Waals surface area (Å²) in [6, 6.07) is 9.07. The lowest BCUT2D eigenvalue weighted by atomic mass is 9.76. The van der Waals surface area contributed by atoms with E-state index in [1.807, 2.05) is 18.2 Å². The number of carbonyl (C=O) groups is 1. The molecule has 1 aromatic rings. The molecule has 1 amide bonds. The fourth-order valence-corrected chi connectivity index (χ4v) is 3.63. The van der Waals surface area contributed by atoms with Gasteiger partial charge in [0.05, 0.1) is 0 Å². The van der Waals surface area contributed by atoms with E-state index in [-0.39, 0.29) is 37.6 Å². The van der Waals surface area contributed by atoms with Crippen molar-refractivity contribution in [2.24, 2.45) is 0 Å². The highest BCUT2D eigenvalue weighted by Crippen LogP contribution is 2.52. The van der Waals surface area contributed by atoms with E-state index < -0.39 is 11.7 Å². The van der Waals surface area contributed by atoms with Crippen molar-refractivity contribution in [1.82, 2.24) is 4.90 Å². The van der Waals surface area contributed by atoms with Crippen LogP contribution in [0.1, 0.15) is 37.2 Å². The molecule has 20 heavy (non-hydrogen) atoms. The van der Waals surface area contributed by atoms with Crippen LogP contribution in [0.4, 0.5) is 13.2 Å². The molecule has 2 atom stereocenters. The molecule has 108 valence electrons. The van der Waals surface area contributed by atoms with Crippen LogP contribution in [0.3, 0.4) is 0 Å². The molecule has 0 aliphatic carbocycles. The van der Waals surface area contributed by atoms with Gasteiger partial charge in [0, 0.05) is 13.0 Å².